The number of carbonyl (C=O) groups excluding carboxylic acids is 1. The second-order valence-electron chi connectivity index (χ2n) is 4.63. The van der Waals surface area contributed by atoms with Crippen molar-refractivity contribution in [3.63, 3.8) is 0 Å². The van der Waals surface area contributed by atoms with Crippen molar-refractivity contribution in [2.45, 2.75) is 25.1 Å². The highest BCUT2D eigenvalue weighted by atomic mass is 79.9. The Balaban J connectivity index is 2.18. The third-order valence-corrected chi connectivity index (χ3v) is 3.06. The van der Waals surface area contributed by atoms with Gasteiger partial charge in [0.25, 0.3) is 5.91 Å². The fourth-order valence-corrected chi connectivity index (χ4v) is 2.45. The molecule has 0 bridgehead atoms. The normalized spacial score (nSPS) is 12.2. The van der Waals surface area contributed by atoms with Crippen LogP contribution in [0.25, 0.3) is 0 Å². The van der Waals surface area contributed by atoms with Gasteiger partial charge in [0, 0.05) is 11.4 Å². The maximum atomic E-state index is 11.5. The van der Waals surface area contributed by atoms with Crippen molar-refractivity contribution in [3.05, 3.63) is 30.3 Å². The molecule has 1 atom stereocenters. The lowest BCUT2D eigenvalue weighted by Crippen LogP contribution is -2.33. The summed E-state index contributed by atoms with van der Waals surface area (Å²) >= 11 is 3.55. The summed E-state index contributed by atoms with van der Waals surface area (Å²) in [7, 11) is 0. The summed E-state index contributed by atoms with van der Waals surface area (Å²) in [5, 5.41) is 2.85. The Bertz CT molecular complexity index is 354. The van der Waals surface area contributed by atoms with Crippen LogP contribution in [-0.2, 0) is 4.79 Å². The molecule has 0 aliphatic heterocycles. The summed E-state index contributed by atoms with van der Waals surface area (Å²) in [5.41, 5.74) is 0. The van der Waals surface area contributed by atoms with Crippen molar-refractivity contribution < 1.29 is 9.53 Å². The van der Waals surface area contributed by atoms with Crippen LogP contribution < -0.4 is 10.1 Å². The molecule has 0 aromatic heterocycles. The molecule has 18 heavy (non-hydrogen) atoms. The number of nitrogens with one attached hydrogen (secondary N) is 1. The zero-order valence-electron chi connectivity index (χ0n) is 10.9. The van der Waals surface area contributed by atoms with Gasteiger partial charge in [0.2, 0.25) is 0 Å². The Morgan fingerprint density at radius 1 is 1.33 bits per heavy atom. The van der Waals surface area contributed by atoms with Crippen molar-refractivity contribution in [3.8, 4) is 5.75 Å². The second kappa shape index (κ2) is 8.14. The van der Waals surface area contributed by atoms with Gasteiger partial charge in [0.1, 0.15) is 5.75 Å². The summed E-state index contributed by atoms with van der Waals surface area (Å²) < 4.78 is 5.35. The first-order chi connectivity index (χ1) is 8.58. The van der Waals surface area contributed by atoms with E-state index in [1.165, 1.54) is 0 Å². The lowest BCUT2D eigenvalue weighted by Gasteiger charge is -2.13. The highest BCUT2D eigenvalue weighted by Crippen LogP contribution is 2.11. The number of ether oxygens (including phenoxy) is 1. The highest BCUT2D eigenvalue weighted by Gasteiger charge is 2.09. The Morgan fingerprint density at radius 2 is 2.00 bits per heavy atom. The summed E-state index contributed by atoms with van der Waals surface area (Å²) in [4.78, 5) is 11.9. The van der Waals surface area contributed by atoms with Crippen LogP contribution in [0.3, 0.4) is 0 Å². The van der Waals surface area contributed by atoms with E-state index in [9.17, 15) is 4.79 Å². The van der Waals surface area contributed by atoms with Gasteiger partial charge in [0.05, 0.1) is 0 Å². The number of carbonyl (C=O) groups is 1. The van der Waals surface area contributed by atoms with Crippen LogP contribution >= 0.6 is 15.9 Å². The van der Waals surface area contributed by atoms with E-state index in [1.807, 2.05) is 30.3 Å². The smallest absolute Gasteiger partial charge is 0.257 e. The predicted octanol–water partition coefficient (Wildman–Crippen LogP) is 2.99. The van der Waals surface area contributed by atoms with E-state index in [-0.39, 0.29) is 12.5 Å². The summed E-state index contributed by atoms with van der Waals surface area (Å²) in [6.07, 6.45) is 1.04. The van der Waals surface area contributed by atoms with Crippen LogP contribution in [-0.4, -0.2) is 23.9 Å². The highest BCUT2D eigenvalue weighted by molar-refractivity contribution is 9.09. The molecule has 0 heterocycles. The van der Waals surface area contributed by atoms with Crippen molar-refractivity contribution in [2.24, 2.45) is 5.92 Å². The molecule has 100 valence electrons. The second-order valence-corrected chi connectivity index (χ2v) is 5.93. The predicted molar refractivity (Wildman–Crippen MR) is 77.1 cm³/mol. The molecule has 1 rings (SSSR count). The van der Waals surface area contributed by atoms with E-state index < -0.39 is 0 Å². The van der Waals surface area contributed by atoms with Gasteiger partial charge in [-0.2, -0.15) is 0 Å². The molecule has 1 N–H and O–H groups in total. The minimum absolute atomic E-state index is 0.0609. The minimum atomic E-state index is -0.0907. The SMILES string of the molecule is CC(C)CC(Br)CNC(=O)COc1ccccc1. The Labute approximate surface area is 117 Å². The lowest BCUT2D eigenvalue weighted by atomic mass is 10.1. The quantitative estimate of drug-likeness (QED) is 0.786. The van der Waals surface area contributed by atoms with Gasteiger partial charge in [-0.15, -0.1) is 0 Å². The molecule has 1 aromatic rings. The summed E-state index contributed by atoms with van der Waals surface area (Å²) in [6, 6.07) is 9.34. The molecule has 1 aromatic carbocycles. The number of benzene rings is 1. The molecule has 4 heteroatoms. The standard InChI is InChI=1S/C14H20BrNO2/c1-11(2)8-12(15)9-16-14(17)10-18-13-6-4-3-5-7-13/h3-7,11-12H,8-10H2,1-2H3,(H,16,17). The van der Waals surface area contributed by atoms with Gasteiger partial charge in [-0.1, -0.05) is 48.0 Å². The Kier molecular flexibility index (Phi) is 6.80. The number of amides is 1. The number of hydrogen-bond acceptors (Lipinski definition) is 2. The van der Waals surface area contributed by atoms with Gasteiger partial charge in [0.15, 0.2) is 6.61 Å². The Morgan fingerprint density at radius 3 is 2.61 bits per heavy atom. The molecule has 3 nitrogen and oxygen atoms in total. The van der Waals surface area contributed by atoms with Crippen LogP contribution in [0.15, 0.2) is 30.3 Å². The van der Waals surface area contributed by atoms with Gasteiger partial charge in [-0.25, -0.2) is 0 Å². The van der Waals surface area contributed by atoms with Crippen LogP contribution in [0, 0.1) is 5.92 Å². The van der Waals surface area contributed by atoms with Gasteiger partial charge in [-0.3, -0.25) is 4.79 Å². The number of alkyl halides is 1. The monoisotopic (exact) mass is 313 g/mol. The molecule has 0 saturated heterocycles. The fraction of sp³-hybridized carbons (Fsp3) is 0.500. The number of hydrogen-bond donors (Lipinski definition) is 1. The summed E-state index contributed by atoms with van der Waals surface area (Å²) in [5.74, 6) is 1.24. The van der Waals surface area contributed by atoms with E-state index in [1.54, 1.807) is 0 Å². The zero-order chi connectivity index (χ0) is 13.4. The van der Waals surface area contributed by atoms with Crippen LogP contribution in [0.2, 0.25) is 0 Å². The molecule has 0 fully saturated rings. The van der Waals surface area contributed by atoms with Gasteiger partial charge in [-0.05, 0) is 24.5 Å². The first-order valence-corrected chi connectivity index (χ1v) is 7.08. The van der Waals surface area contributed by atoms with Crippen LogP contribution in [0.1, 0.15) is 20.3 Å². The average molecular weight is 314 g/mol. The molecule has 1 unspecified atom stereocenters. The van der Waals surface area contributed by atoms with Gasteiger partial charge < -0.3 is 10.1 Å². The largest absolute Gasteiger partial charge is 0.484 e. The van der Waals surface area contributed by atoms with Crippen LogP contribution in [0.4, 0.5) is 0 Å². The van der Waals surface area contributed by atoms with E-state index in [0.717, 1.165) is 6.42 Å². The van der Waals surface area contributed by atoms with Crippen molar-refractivity contribution >= 4 is 21.8 Å². The molecule has 0 saturated carbocycles. The Hall–Kier alpha value is -1.03. The lowest BCUT2D eigenvalue weighted by molar-refractivity contribution is -0.123. The zero-order valence-corrected chi connectivity index (χ0v) is 12.4. The molecule has 0 aliphatic carbocycles. The van der Waals surface area contributed by atoms with E-state index in [4.69, 9.17) is 4.74 Å². The van der Waals surface area contributed by atoms with Crippen molar-refractivity contribution in [1.82, 2.24) is 5.32 Å². The van der Waals surface area contributed by atoms with E-state index in [2.05, 4.69) is 35.1 Å². The van der Waals surface area contributed by atoms with Crippen molar-refractivity contribution in [1.29, 1.82) is 0 Å². The van der Waals surface area contributed by atoms with E-state index in [0.29, 0.717) is 23.0 Å². The van der Waals surface area contributed by atoms with Crippen molar-refractivity contribution in [2.75, 3.05) is 13.2 Å². The first-order valence-electron chi connectivity index (χ1n) is 6.16. The average Bonchev–Trinajstić information content (AvgIpc) is 2.34. The number of halogens is 1. The maximum absolute atomic E-state index is 11.5. The van der Waals surface area contributed by atoms with Crippen LogP contribution in [0.5, 0.6) is 5.75 Å². The maximum Gasteiger partial charge on any atom is 0.257 e. The fourth-order valence-electron chi connectivity index (χ4n) is 1.54. The molecule has 0 spiro atoms. The minimum Gasteiger partial charge on any atom is -0.484 e. The number of para-hydroxylation sites is 1. The van der Waals surface area contributed by atoms with Gasteiger partial charge >= 0.3 is 0 Å². The molecule has 0 radical (unpaired) electrons. The first kappa shape index (κ1) is 15.0. The molecule has 0 aliphatic rings. The molecule has 1 amide bonds. The molecular formula is C14H20BrNO2. The van der Waals surface area contributed by atoms with E-state index >= 15 is 0 Å². The molecular weight excluding hydrogens is 294 g/mol. The topological polar surface area (TPSA) is 38.3 Å². The third-order valence-electron chi connectivity index (χ3n) is 2.36. The third kappa shape index (κ3) is 6.64. The summed E-state index contributed by atoms with van der Waals surface area (Å²) in [6.45, 7) is 5.02. The number of rotatable bonds is 7.